The van der Waals surface area contributed by atoms with E-state index in [-0.39, 0.29) is 0 Å². The Labute approximate surface area is 114 Å². The SMILES string of the molecule is CC(C)C1CCC(Cc2ccn(C)n2)(C(=O)O)CC1. The van der Waals surface area contributed by atoms with Crippen LogP contribution in [0.4, 0.5) is 0 Å². The van der Waals surface area contributed by atoms with Crippen molar-refractivity contribution in [3.8, 4) is 0 Å². The van der Waals surface area contributed by atoms with Gasteiger partial charge >= 0.3 is 5.97 Å². The van der Waals surface area contributed by atoms with Crippen molar-refractivity contribution in [3.63, 3.8) is 0 Å². The lowest BCUT2D eigenvalue weighted by Crippen LogP contribution is -2.38. The highest BCUT2D eigenvalue weighted by atomic mass is 16.4. The van der Waals surface area contributed by atoms with Crippen LogP contribution in [-0.4, -0.2) is 20.9 Å². The van der Waals surface area contributed by atoms with Crippen molar-refractivity contribution in [2.45, 2.75) is 46.0 Å². The van der Waals surface area contributed by atoms with E-state index in [1.54, 1.807) is 4.68 Å². The van der Waals surface area contributed by atoms with Gasteiger partial charge in [-0.2, -0.15) is 5.10 Å². The first-order chi connectivity index (χ1) is 8.93. The van der Waals surface area contributed by atoms with Crippen LogP contribution in [0.2, 0.25) is 0 Å². The van der Waals surface area contributed by atoms with E-state index in [1.807, 2.05) is 19.3 Å². The van der Waals surface area contributed by atoms with Crippen LogP contribution >= 0.6 is 0 Å². The number of rotatable bonds is 4. The molecule has 0 saturated heterocycles. The van der Waals surface area contributed by atoms with Crippen molar-refractivity contribution in [1.29, 1.82) is 0 Å². The van der Waals surface area contributed by atoms with Crippen LogP contribution in [0.15, 0.2) is 12.3 Å². The van der Waals surface area contributed by atoms with Gasteiger partial charge in [-0.3, -0.25) is 9.48 Å². The molecular weight excluding hydrogens is 240 g/mol. The van der Waals surface area contributed by atoms with Gasteiger partial charge < -0.3 is 5.11 Å². The Bertz CT molecular complexity index is 443. The largest absolute Gasteiger partial charge is 0.481 e. The van der Waals surface area contributed by atoms with Crippen LogP contribution in [0.25, 0.3) is 0 Å². The molecule has 1 aromatic rings. The molecule has 4 nitrogen and oxygen atoms in total. The fourth-order valence-electron chi connectivity index (χ4n) is 3.23. The minimum atomic E-state index is -0.652. The molecule has 0 aromatic carbocycles. The van der Waals surface area contributed by atoms with Crippen molar-refractivity contribution in [1.82, 2.24) is 9.78 Å². The fourth-order valence-corrected chi connectivity index (χ4v) is 3.23. The van der Waals surface area contributed by atoms with E-state index in [1.165, 1.54) is 0 Å². The van der Waals surface area contributed by atoms with Gasteiger partial charge in [0, 0.05) is 19.7 Å². The second-order valence-corrected chi connectivity index (χ2v) is 6.32. The molecule has 19 heavy (non-hydrogen) atoms. The minimum absolute atomic E-state index is 0.563. The zero-order valence-corrected chi connectivity index (χ0v) is 12.1. The molecule has 0 spiro atoms. The molecule has 4 heteroatoms. The molecule has 1 fully saturated rings. The molecule has 1 heterocycles. The number of aromatic nitrogens is 2. The van der Waals surface area contributed by atoms with Crippen molar-refractivity contribution < 1.29 is 9.90 Å². The number of aryl methyl sites for hydroxylation is 1. The topological polar surface area (TPSA) is 55.1 Å². The summed E-state index contributed by atoms with van der Waals surface area (Å²) in [6.07, 6.45) is 6.05. The molecule has 1 N–H and O–H groups in total. The third-order valence-electron chi connectivity index (χ3n) is 4.67. The molecule has 0 unspecified atom stereocenters. The van der Waals surface area contributed by atoms with Crippen LogP contribution in [0.3, 0.4) is 0 Å². The summed E-state index contributed by atoms with van der Waals surface area (Å²) in [6.45, 7) is 4.47. The highest BCUT2D eigenvalue weighted by Crippen LogP contribution is 2.43. The molecule has 0 amide bonds. The number of aliphatic carboxylic acids is 1. The Kier molecular flexibility index (Phi) is 3.97. The monoisotopic (exact) mass is 264 g/mol. The van der Waals surface area contributed by atoms with Gasteiger partial charge in [0.05, 0.1) is 11.1 Å². The average molecular weight is 264 g/mol. The number of hydrogen-bond acceptors (Lipinski definition) is 2. The lowest BCUT2D eigenvalue weighted by Gasteiger charge is -2.38. The molecule has 0 aliphatic heterocycles. The van der Waals surface area contributed by atoms with Crippen molar-refractivity contribution in [2.24, 2.45) is 24.3 Å². The molecule has 0 radical (unpaired) electrons. The van der Waals surface area contributed by atoms with Crippen LogP contribution in [0, 0.1) is 17.3 Å². The van der Waals surface area contributed by atoms with Crippen molar-refractivity contribution >= 4 is 5.97 Å². The van der Waals surface area contributed by atoms with Crippen LogP contribution in [0.5, 0.6) is 0 Å². The lowest BCUT2D eigenvalue weighted by atomic mass is 9.66. The summed E-state index contributed by atoms with van der Waals surface area (Å²) in [5.74, 6) is 0.679. The number of carboxylic acid groups (broad SMARTS) is 1. The van der Waals surface area contributed by atoms with E-state index in [0.717, 1.165) is 31.4 Å². The van der Waals surface area contributed by atoms with Gasteiger partial charge in [0.2, 0.25) is 0 Å². The Morgan fingerprint density at radius 1 is 1.53 bits per heavy atom. The van der Waals surface area contributed by atoms with E-state index < -0.39 is 11.4 Å². The standard InChI is InChI=1S/C15H24N2O2/c1-11(2)12-4-7-15(8-5-12,14(18)19)10-13-6-9-17(3)16-13/h6,9,11-12H,4-5,7-8,10H2,1-3H3,(H,18,19). The summed E-state index contributed by atoms with van der Waals surface area (Å²) >= 11 is 0. The Morgan fingerprint density at radius 3 is 2.58 bits per heavy atom. The highest BCUT2D eigenvalue weighted by Gasteiger charge is 2.42. The average Bonchev–Trinajstić information content (AvgIpc) is 2.75. The highest BCUT2D eigenvalue weighted by molar-refractivity contribution is 5.75. The molecule has 1 aromatic heterocycles. The second kappa shape index (κ2) is 5.35. The van der Waals surface area contributed by atoms with E-state index in [0.29, 0.717) is 18.3 Å². The maximum absolute atomic E-state index is 11.7. The van der Waals surface area contributed by atoms with Gasteiger partial charge in [-0.05, 0) is 43.6 Å². The van der Waals surface area contributed by atoms with Gasteiger partial charge in [-0.1, -0.05) is 13.8 Å². The third kappa shape index (κ3) is 2.99. The first-order valence-electron chi connectivity index (χ1n) is 7.15. The molecule has 1 aliphatic rings. The van der Waals surface area contributed by atoms with Crippen LogP contribution < -0.4 is 0 Å². The third-order valence-corrected chi connectivity index (χ3v) is 4.67. The van der Waals surface area contributed by atoms with Crippen molar-refractivity contribution in [2.75, 3.05) is 0 Å². The lowest BCUT2D eigenvalue weighted by molar-refractivity contribution is -0.152. The van der Waals surface area contributed by atoms with E-state index in [4.69, 9.17) is 0 Å². The molecule has 1 saturated carbocycles. The molecule has 0 atom stereocenters. The fraction of sp³-hybridized carbons (Fsp3) is 0.733. The molecule has 1 aliphatic carbocycles. The Hall–Kier alpha value is -1.32. The molecule has 0 bridgehead atoms. The summed E-state index contributed by atoms with van der Waals surface area (Å²) in [5, 5.41) is 14.0. The van der Waals surface area contributed by atoms with E-state index >= 15 is 0 Å². The van der Waals surface area contributed by atoms with Crippen LogP contribution in [0.1, 0.15) is 45.2 Å². The summed E-state index contributed by atoms with van der Waals surface area (Å²) < 4.78 is 1.74. The minimum Gasteiger partial charge on any atom is -0.481 e. The van der Waals surface area contributed by atoms with Gasteiger partial charge in [0.25, 0.3) is 0 Å². The summed E-state index contributed by atoms with van der Waals surface area (Å²) in [5.41, 5.74) is 0.299. The Morgan fingerprint density at radius 2 is 2.16 bits per heavy atom. The number of carboxylic acids is 1. The van der Waals surface area contributed by atoms with Crippen molar-refractivity contribution in [3.05, 3.63) is 18.0 Å². The predicted octanol–water partition coefficient (Wildman–Crippen LogP) is 2.88. The molecule has 106 valence electrons. The van der Waals surface area contributed by atoms with E-state index in [9.17, 15) is 9.90 Å². The summed E-state index contributed by atoms with van der Waals surface area (Å²) in [4.78, 5) is 11.7. The predicted molar refractivity (Wildman–Crippen MR) is 73.8 cm³/mol. The van der Waals surface area contributed by atoms with Gasteiger partial charge in [0.15, 0.2) is 0 Å². The van der Waals surface area contributed by atoms with Gasteiger partial charge in [0.1, 0.15) is 0 Å². The quantitative estimate of drug-likeness (QED) is 0.909. The molecule has 2 rings (SSSR count). The van der Waals surface area contributed by atoms with Gasteiger partial charge in [-0.15, -0.1) is 0 Å². The summed E-state index contributed by atoms with van der Waals surface area (Å²) in [7, 11) is 1.87. The maximum atomic E-state index is 11.7. The zero-order valence-electron chi connectivity index (χ0n) is 12.1. The maximum Gasteiger partial charge on any atom is 0.310 e. The van der Waals surface area contributed by atoms with Gasteiger partial charge in [-0.25, -0.2) is 0 Å². The van der Waals surface area contributed by atoms with Crippen LogP contribution in [-0.2, 0) is 18.3 Å². The zero-order chi connectivity index (χ0) is 14.0. The Balaban J connectivity index is 2.10. The number of nitrogens with zero attached hydrogens (tertiary/aromatic N) is 2. The summed E-state index contributed by atoms with van der Waals surface area (Å²) in [6, 6.07) is 1.93. The molecular formula is C15H24N2O2. The number of hydrogen-bond donors (Lipinski definition) is 1. The second-order valence-electron chi connectivity index (χ2n) is 6.32. The smallest absolute Gasteiger partial charge is 0.310 e. The number of carbonyl (C=O) groups is 1. The van der Waals surface area contributed by atoms with E-state index in [2.05, 4.69) is 18.9 Å². The first kappa shape index (κ1) is 14.1. The normalized spacial score (nSPS) is 27.7. The first-order valence-corrected chi connectivity index (χ1v) is 7.15.